The molecule has 1 heterocycles. The quantitative estimate of drug-likeness (QED) is 0.852. The summed E-state index contributed by atoms with van der Waals surface area (Å²) in [6.07, 6.45) is 1.81. The number of carboxylic acid groups (broad SMARTS) is 1. The fourth-order valence-corrected chi connectivity index (χ4v) is 2.16. The van der Waals surface area contributed by atoms with Crippen molar-refractivity contribution in [2.45, 2.75) is 32.9 Å². The lowest BCUT2D eigenvalue weighted by Gasteiger charge is -2.12. The summed E-state index contributed by atoms with van der Waals surface area (Å²) in [5, 5.41) is 15.7. The first-order valence-electron chi connectivity index (χ1n) is 7.13. The number of carboxylic acids is 1. The number of hydrogen-bond donors (Lipinski definition) is 2. The average molecular weight is 301 g/mol. The summed E-state index contributed by atoms with van der Waals surface area (Å²) < 4.78 is 1.73. The molecule has 1 unspecified atom stereocenters. The second kappa shape index (κ2) is 6.89. The summed E-state index contributed by atoms with van der Waals surface area (Å²) in [6, 6.07) is 8.91. The first-order chi connectivity index (χ1) is 10.5. The third-order valence-electron chi connectivity index (χ3n) is 3.53. The van der Waals surface area contributed by atoms with E-state index in [1.54, 1.807) is 18.5 Å². The Morgan fingerprint density at radius 3 is 2.59 bits per heavy atom. The van der Waals surface area contributed by atoms with Gasteiger partial charge in [-0.25, -0.2) is 4.79 Å². The number of nitrogens with zero attached hydrogens (tertiary/aromatic N) is 2. The number of carbonyl (C=O) groups excluding carboxylic acids is 1. The minimum Gasteiger partial charge on any atom is -0.480 e. The molecule has 1 aromatic carbocycles. The van der Waals surface area contributed by atoms with Crippen molar-refractivity contribution in [2.75, 3.05) is 0 Å². The molecule has 1 atom stereocenters. The molecule has 0 bridgehead atoms. The van der Waals surface area contributed by atoms with E-state index >= 15 is 0 Å². The monoisotopic (exact) mass is 301 g/mol. The average Bonchev–Trinajstić information content (AvgIpc) is 2.86. The third kappa shape index (κ3) is 3.52. The van der Waals surface area contributed by atoms with Gasteiger partial charge in [0.15, 0.2) is 0 Å². The van der Waals surface area contributed by atoms with Gasteiger partial charge in [-0.05, 0) is 18.9 Å². The molecule has 0 aliphatic carbocycles. The van der Waals surface area contributed by atoms with Crippen LogP contribution in [0.4, 0.5) is 0 Å². The van der Waals surface area contributed by atoms with Crippen LogP contribution < -0.4 is 5.32 Å². The topological polar surface area (TPSA) is 84.2 Å². The van der Waals surface area contributed by atoms with Crippen molar-refractivity contribution in [3.63, 3.8) is 0 Å². The smallest absolute Gasteiger partial charge is 0.326 e. The lowest BCUT2D eigenvalue weighted by Crippen LogP contribution is -2.40. The minimum absolute atomic E-state index is 0.332. The molecule has 116 valence electrons. The highest BCUT2D eigenvalue weighted by Crippen LogP contribution is 2.10. The number of hydrogen-bond acceptors (Lipinski definition) is 3. The SMILES string of the molecule is CCC(NC(=O)c1cnn(Cc2ccccc2)c1C)C(=O)O. The third-order valence-corrected chi connectivity index (χ3v) is 3.53. The van der Waals surface area contributed by atoms with Gasteiger partial charge >= 0.3 is 5.97 Å². The van der Waals surface area contributed by atoms with Crippen molar-refractivity contribution in [1.29, 1.82) is 0 Å². The molecule has 0 saturated heterocycles. The maximum atomic E-state index is 12.2. The van der Waals surface area contributed by atoms with Crippen LogP contribution in [0, 0.1) is 6.92 Å². The second-order valence-electron chi connectivity index (χ2n) is 5.06. The molecule has 6 nitrogen and oxygen atoms in total. The molecular formula is C16H19N3O3. The minimum atomic E-state index is -1.04. The van der Waals surface area contributed by atoms with Gasteiger partial charge in [0.05, 0.1) is 18.3 Å². The fourth-order valence-electron chi connectivity index (χ4n) is 2.16. The van der Waals surface area contributed by atoms with E-state index in [0.717, 1.165) is 5.56 Å². The van der Waals surface area contributed by atoms with Gasteiger partial charge in [0.25, 0.3) is 5.91 Å². The molecule has 0 aliphatic rings. The van der Waals surface area contributed by atoms with Crippen LogP contribution in [0.15, 0.2) is 36.5 Å². The van der Waals surface area contributed by atoms with Crippen LogP contribution in [0.25, 0.3) is 0 Å². The maximum absolute atomic E-state index is 12.2. The zero-order chi connectivity index (χ0) is 16.1. The van der Waals surface area contributed by atoms with Gasteiger partial charge in [-0.1, -0.05) is 37.3 Å². The number of nitrogens with one attached hydrogen (secondary N) is 1. The normalized spacial score (nSPS) is 11.9. The first-order valence-corrected chi connectivity index (χ1v) is 7.13. The van der Waals surface area contributed by atoms with Crippen molar-refractivity contribution in [2.24, 2.45) is 0 Å². The Morgan fingerprint density at radius 2 is 2.00 bits per heavy atom. The molecule has 22 heavy (non-hydrogen) atoms. The first kappa shape index (κ1) is 15.8. The Kier molecular flexibility index (Phi) is 4.93. The van der Waals surface area contributed by atoms with E-state index in [4.69, 9.17) is 5.11 Å². The summed E-state index contributed by atoms with van der Waals surface area (Å²) in [7, 11) is 0. The van der Waals surface area contributed by atoms with E-state index < -0.39 is 17.9 Å². The Balaban J connectivity index is 2.13. The Hall–Kier alpha value is -2.63. The summed E-state index contributed by atoms with van der Waals surface area (Å²) in [5.74, 6) is -1.45. The Labute approximate surface area is 128 Å². The van der Waals surface area contributed by atoms with E-state index in [2.05, 4.69) is 10.4 Å². The van der Waals surface area contributed by atoms with E-state index in [1.165, 1.54) is 6.20 Å². The van der Waals surface area contributed by atoms with Crippen molar-refractivity contribution in [3.05, 3.63) is 53.3 Å². The molecular weight excluding hydrogens is 282 g/mol. The highest BCUT2D eigenvalue weighted by molar-refractivity contribution is 5.97. The zero-order valence-corrected chi connectivity index (χ0v) is 12.6. The van der Waals surface area contributed by atoms with Gasteiger partial charge < -0.3 is 10.4 Å². The van der Waals surface area contributed by atoms with Crippen LogP contribution in [0.2, 0.25) is 0 Å². The predicted molar refractivity (Wildman–Crippen MR) is 81.7 cm³/mol. The summed E-state index contributed by atoms with van der Waals surface area (Å²) in [6.45, 7) is 4.08. The number of aromatic nitrogens is 2. The fraction of sp³-hybridized carbons (Fsp3) is 0.312. The van der Waals surface area contributed by atoms with Crippen LogP contribution >= 0.6 is 0 Å². The van der Waals surface area contributed by atoms with Crippen LogP contribution in [-0.4, -0.2) is 32.8 Å². The number of amides is 1. The molecule has 1 aromatic heterocycles. The summed E-state index contributed by atoms with van der Waals surface area (Å²) >= 11 is 0. The van der Waals surface area contributed by atoms with Crippen LogP contribution in [-0.2, 0) is 11.3 Å². The summed E-state index contributed by atoms with van der Waals surface area (Å²) in [4.78, 5) is 23.2. The van der Waals surface area contributed by atoms with Crippen molar-refractivity contribution < 1.29 is 14.7 Å². The van der Waals surface area contributed by atoms with Gasteiger partial charge in [-0.15, -0.1) is 0 Å². The highest BCUT2D eigenvalue weighted by atomic mass is 16.4. The van der Waals surface area contributed by atoms with Crippen LogP contribution in [0.5, 0.6) is 0 Å². The van der Waals surface area contributed by atoms with Crippen molar-refractivity contribution in [1.82, 2.24) is 15.1 Å². The molecule has 2 N–H and O–H groups in total. The van der Waals surface area contributed by atoms with Gasteiger partial charge in [-0.3, -0.25) is 9.48 Å². The largest absolute Gasteiger partial charge is 0.480 e. The molecule has 0 fully saturated rings. The summed E-state index contributed by atoms with van der Waals surface area (Å²) in [5.41, 5.74) is 2.19. The van der Waals surface area contributed by atoms with Crippen molar-refractivity contribution >= 4 is 11.9 Å². The van der Waals surface area contributed by atoms with Gasteiger partial charge in [0.2, 0.25) is 0 Å². The highest BCUT2D eigenvalue weighted by Gasteiger charge is 2.21. The lowest BCUT2D eigenvalue weighted by molar-refractivity contribution is -0.139. The van der Waals surface area contributed by atoms with Crippen molar-refractivity contribution in [3.8, 4) is 0 Å². The van der Waals surface area contributed by atoms with E-state index in [1.807, 2.05) is 30.3 Å². The van der Waals surface area contributed by atoms with Gasteiger partial charge in [-0.2, -0.15) is 5.10 Å². The van der Waals surface area contributed by atoms with E-state index in [9.17, 15) is 9.59 Å². The number of benzene rings is 1. The van der Waals surface area contributed by atoms with E-state index in [-0.39, 0.29) is 0 Å². The molecule has 0 aliphatic heterocycles. The number of aliphatic carboxylic acids is 1. The van der Waals surface area contributed by atoms with E-state index in [0.29, 0.717) is 24.2 Å². The maximum Gasteiger partial charge on any atom is 0.326 e. The predicted octanol–water partition coefficient (Wildman–Crippen LogP) is 1.83. The van der Waals surface area contributed by atoms with Crippen LogP contribution in [0.1, 0.15) is 35.0 Å². The molecule has 2 rings (SSSR count). The number of rotatable bonds is 6. The molecule has 2 aromatic rings. The lowest BCUT2D eigenvalue weighted by atomic mass is 10.2. The Bertz CT molecular complexity index is 665. The molecule has 0 radical (unpaired) electrons. The molecule has 1 amide bonds. The van der Waals surface area contributed by atoms with Crippen LogP contribution in [0.3, 0.4) is 0 Å². The van der Waals surface area contributed by atoms with Gasteiger partial charge in [0, 0.05) is 5.69 Å². The Morgan fingerprint density at radius 1 is 1.32 bits per heavy atom. The van der Waals surface area contributed by atoms with Gasteiger partial charge in [0.1, 0.15) is 6.04 Å². The number of carbonyl (C=O) groups is 2. The second-order valence-corrected chi connectivity index (χ2v) is 5.06. The molecule has 0 saturated carbocycles. The zero-order valence-electron chi connectivity index (χ0n) is 12.6. The molecule has 6 heteroatoms. The molecule has 0 spiro atoms. The standard InChI is InChI=1S/C16H19N3O3/c1-3-14(16(21)22)18-15(20)13-9-17-19(11(13)2)10-12-7-5-4-6-8-12/h4-9,14H,3,10H2,1-2H3,(H,18,20)(H,21,22).